The standard InChI is InChI=1S/C21H14Br2FNO3/c22-16-10-15(12-25-20(26)13-4-2-1-3-5-13)19(18(23)11-16)28-21(27)14-6-8-17(24)9-7-14/h1-11H,12H2,(H,25,26). The zero-order chi connectivity index (χ0) is 20.1. The molecule has 0 atom stereocenters. The van der Waals surface area contributed by atoms with Gasteiger partial charge >= 0.3 is 5.97 Å². The van der Waals surface area contributed by atoms with Crippen molar-refractivity contribution in [3.8, 4) is 5.75 Å². The fourth-order valence-electron chi connectivity index (χ4n) is 2.46. The normalized spacial score (nSPS) is 10.4. The lowest BCUT2D eigenvalue weighted by atomic mass is 10.1. The molecule has 0 saturated carbocycles. The summed E-state index contributed by atoms with van der Waals surface area (Å²) in [7, 11) is 0. The molecule has 0 unspecified atom stereocenters. The number of hydrogen-bond acceptors (Lipinski definition) is 3. The fraction of sp³-hybridized carbons (Fsp3) is 0.0476. The molecule has 0 heterocycles. The topological polar surface area (TPSA) is 55.4 Å². The molecule has 142 valence electrons. The van der Waals surface area contributed by atoms with E-state index >= 15 is 0 Å². The third-order valence-electron chi connectivity index (χ3n) is 3.84. The Bertz CT molecular complexity index is 1010. The van der Waals surface area contributed by atoms with Gasteiger partial charge in [-0.15, -0.1) is 0 Å². The summed E-state index contributed by atoms with van der Waals surface area (Å²) < 4.78 is 19.9. The summed E-state index contributed by atoms with van der Waals surface area (Å²) in [6.07, 6.45) is 0. The first-order valence-electron chi connectivity index (χ1n) is 8.23. The third kappa shape index (κ3) is 5.05. The molecular formula is C21H14Br2FNO3. The number of hydrogen-bond donors (Lipinski definition) is 1. The Morgan fingerprint density at radius 2 is 1.61 bits per heavy atom. The molecule has 0 bridgehead atoms. The summed E-state index contributed by atoms with van der Waals surface area (Å²) in [4.78, 5) is 24.7. The Labute approximate surface area is 178 Å². The number of nitrogens with one attached hydrogen (secondary N) is 1. The highest BCUT2D eigenvalue weighted by atomic mass is 79.9. The predicted molar refractivity (Wildman–Crippen MR) is 111 cm³/mol. The lowest BCUT2D eigenvalue weighted by molar-refractivity contribution is 0.0731. The van der Waals surface area contributed by atoms with Crippen molar-refractivity contribution in [2.45, 2.75) is 6.54 Å². The minimum atomic E-state index is -0.626. The second-order valence-electron chi connectivity index (χ2n) is 5.82. The van der Waals surface area contributed by atoms with Crippen LogP contribution in [-0.4, -0.2) is 11.9 Å². The van der Waals surface area contributed by atoms with Crippen molar-refractivity contribution in [2.75, 3.05) is 0 Å². The summed E-state index contributed by atoms with van der Waals surface area (Å²) in [6.45, 7) is 0.151. The number of carbonyl (C=O) groups excluding carboxylic acids is 2. The van der Waals surface area contributed by atoms with E-state index in [0.29, 0.717) is 15.6 Å². The van der Waals surface area contributed by atoms with Gasteiger partial charge in [-0.05, 0) is 64.5 Å². The molecule has 0 fully saturated rings. The van der Waals surface area contributed by atoms with Crippen molar-refractivity contribution < 1.29 is 18.7 Å². The second-order valence-corrected chi connectivity index (χ2v) is 7.59. The Morgan fingerprint density at radius 1 is 0.929 bits per heavy atom. The highest BCUT2D eigenvalue weighted by Crippen LogP contribution is 2.33. The van der Waals surface area contributed by atoms with Gasteiger partial charge in [-0.25, -0.2) is 9.18 Å². The van der Waals surface area contributed by atoms with Gasteiger partial charge in [0.2, 0.25) is 0 Å². The SMILES string of the molecule is O=C(NCc1cc(Br)cc(Br)c1OC(=O)c1ccc(F)cc1)c1ccccc1. The molecule has 3 aromatic rings. The molecule has 0 aliphatic heterocycles. The van der Waals surface area contributed by atoms with Crippen molar-refractivity contribution in [2.24, 2.45) is 0 Å². The van der Waals surface area contributed by atoms with E-state index in [4.69, 9.17) is 4.74 Å². The smallest absolute Gasteiger partial charge is 0.343 e. The molecule has 1 amide bonds. The number of ether oxygens (including phenoxy) is 1. The Kier molecular flexibility index (Phi) is 6.59. The monoisotopic (exact) mass is 505 g/mol. The van der Waals surface area contributed by atoms with E-state index in [-0.39, 0.29) is 23.8 Å². The summed E-state index contributed by atoms with van der Waals surface area (Å²) in [5.74, 6) is -1.03. The van der Waals surface area contributed by atoms with Crippen LogP contribution in [0.5, 0.6) is 5.75 Å². The maximum atomic E-state index is 13.1. The van der Waals surface area contributed by atoms with Gasteiger partial charge in [0.05, 0.1) is 10.0 Å². The molecular weight excluding hydrogens is 493 g/mol. The second kappa shape index (κ2) is 9.12. The third-order valence-corrected chi connectivity index (χ3v) is 4.88. The Morgan fingerprint density at radius 3 is 2.29 bits per heavy atom. The van der Waals surface area contributed by atoms with E-state index in [2.05, 4.69) is 37.2 Å². The molecule has 4 nitrogen and oxygen atoms in total. The molecule has 0 aliphatic rings. The van der Waals surface area contributed by atoms with Gasteiger partial charge in [0, 0.05) is 22.1 Å². The highest BCUT2D eigenvalue weighted by Gasteiger charge is 2.17. The van der Waals surface area contributed by atoms with E-state index < -0.39 is 11.8 Å². The zero-order valence-corrected chi connectivity index (χ0v) is 17.6. The van der Waals surface area contributed by atoms with Gasteiger partial charge in [0.1, 0.15) is 11.6 Å². The van der Waals surface area contributed by atoms with Crippen LogP contribution in [0.25, 0.3) is 0 Å². The molecule has 0 aliphatic carbocycles. The first kappa shape index (κ1) is 20.2. The summed E-state index contributed by atoms with van der Waals surface area (Å²) in [5.41, 5.74) is 1.35. The van der Waals surface area contributed by atoms with Crippen LogP contribution in [-0.2, 0) is 6.54 Å². The number of rotatable bonds is 5. The number of carbonyl (C=O) groups is 2. The van der Waals surface area contributed by atoms with Gasteiger partial charge < -0.3 is 10.1 Å². The summed E-state index contributed by atoms with van der Waals surface area (Å²) in [6, 6.07) is 17.4. The van der Waals surface area contributed by atoms with Crippen LogP contribution in [0.3, 0.4) is 0 Å². The van der Waals surface area contributed by atoms with Crippen LogP contribution >= 0.6 is 31.9 Å². The Hall–Kier alpha value is -2.51. The molecule has 0 radical (unpaired) electrons. The van der Waals surface area contributed by atoms with Gasteiger partial charge in [-0.1, -0.05) is 34.1 Å². The van der Waals surface area contributed by atoms with Gasteiger partial charge in [0.15, 0.2) is 0 Å². The molecule has 3 rings (SSSR count). The largest absolute Gasteiger partial charge is 0.421 e. The quantitative estimate of drug-likeness (QED) is 0.367. The predicted octanol–water partition coefficient (Wildman–Crippen LogP) is 5.50. The summed E-state index contributed by atoms with van der Waals surface area (Å²) >= 11 is 6.78. The molecule has 7 heteroatoms. The number of halogens is 3. The lowest BCUT2D eigenvalue weighted by Crippen LogP contribution is -2.23. The van der Waals surface area contributed by atoms with Crippen LogP contribution < -0.4 is 10.1 Å². The van der Waals surface area contributed by atoms with Crippen LogP contribution in [0.15, 0.2) is 75.7 Å². The lowest BCUT2D eigenvalue weighted by Gasteiger charge is -2.14. The van der Waals surface area contributed by atoms with Crippen LogP contribution in [0.1, 0.15) is 26.3 Å². The highest BCUT2D eigenvalue weighted by molar-refractivity contribution is 9.11. The van der Waals surface area contributed by atoms with Crippen molar-refractivity contribution >= 4 is 43.7 Å². The van der Waals surface area contributed by atoms with Crippen molar-refractivity contribution in [1.82, 2.24) is 5.32 Å². The average molecular weight is 507 g/mol. The summed E-state index contributed by atoms with van der Waals surface area (Å²) in [5, 5.41) is 2.81. The van der Waals surface area contributed by atoms with E-state index in [1.54, 1.807) is 36.4 Å². The first-order valence-corrected chi connectivity index (χ1v) is 9.81. The van der Waals surface area contributed by atoms with E-state index in [1.807, 2.05) is 6.07 Å². The first-order chi connectivity index (χ1) is 13.4. The molecule has 28 heavy (non-hydrogen) atoms. The van der Waals surface area contributed by atoms with Gasteiger partial charge in [0.25, 0.3) is 5.91 Å². The number of amides is 1. The average Bonchev–Trinajstić information content (AvgIpc) is 2.69. The van der Waals surface area contributed by atoms with Gasteiger partial charge in [-0.3, -0.25) is 4.79 Å². The van der Waals surface area contributed by atoms with Crippen LogP contribution in [0, 0.1) is 5.82 Å². The zero-order valence-electron chi connectivity index (χ0n) is 14.4. The molecule has 0 spiro atoms. The van der Waals surface area contributed by atoms with Crippen molar-refractivity contribution in [3.63, 3.8) is 0 Å². The van der Waals surface area contributed by atoms with Crippen LogP contribution in [0.4, 0.5) is 4.39 Å². The van der Waals surface area contributed by atoms with Gasteiger partial charge in [-0.2, -0.15) is 0 Å². The number of benzene rings is 3. The van der Waals surface area contributed by atoms with Crippen molar-refractivity contribution in [3.05, 3.63) is 98.2 Å². The minimum Gasteiger partial charge on any atom is -0.421 e. The number of esters is 1. The molecule has 1 N–H and O–H groups in total. The molecule has 0 saturated heterocycles. The van der Waals surface area contributed by atoms with Crippen LogP contribution in [0.2, 0.25) is 0 Å². The molecule has 0 aromatic heterocycles. The maximum Gasteiger partial charge on any atom is 0.343 e. The molecule has 3 aromatic carbocycles. The Balaban J connectivity index is 1.80. The fourth-order valence-corrected chi connectivity index (χ4v) is 3.86. The minimum absolute atomic E-state index is 0.151. The van der Waals surface area contributed by atoms with E-state index in [0.717, 1.165) is 4.47 Å². The van der Waals surface area contributed by atoms with E-state index in [9.17, 15) is 14.0 Å². The maximum absolute atomic E-state index is 13.1. The van der Waals surface area contributed by atoms with Crippen molar-refractivity contribution in [1.29, 1.82) is 0 Å². The van der Waals surface area contributed by atoms with E-state index in [1.165, 1.54) is 24.3 Å².